The number of hydrogen-bond acceptors (Lipinski definition) is 4. The summed E-state index contributed by atoms with van der Waals surface area (Å²) in [5.41, 5.74) is 7.10. The summed E-state index contributed by atoms with van der Waals surface area (Å²) >= 11 is 1.74. The molecule has 1 aromatic carbocycles. The van der Waals surface area contributed by atoms with E-state index in [1.807, 2.05) is 6.26 Å². The van der Waals surface area contributed by atoms with E-state index in [1.54, 1.807) is 30.0 Å². The van der Waals surface area contributed by atoms with Gasteiger partial charge in [-0.25, -0.2) is 0 Å². The molecule has 0 atom stereocenters. The molecule has 1 aliphatic carbocycles. The van der Waals surface area contributed by atoms with Crippen LogP contribution in [-0.2, 0) is 0 Å². The Bertz CT molecular complexity index is 552. The number of thioether (sulfide) groups is 1. The van der Waals surface area contributed by atoms with Crippen LogP contribution < -0.4 is 5.73 Å². The predicted molar refractivity (Wildman–Crippen MR) is 71.7 cm³/mol. The third-order valence-corrected chi connectivity index (χ3v) is 5.09. The number of anilines is 1. The van der Waals surface area contributed by atoms with Gasteiger partial charge in [0, 0.05) is 17.0 Å². The Morgan fingerprint density at radius 3 is 2.56 bits per heavy atom. The number of benzene rings is 1. The van der Waals surface area contributed by atoms with Crippen LogP contribution in [0, 0.1) is 0 Å². The second-order valence-electron chi connectivity index (χ2n) is 4.89. The Labute approximate surface area is 110 Å². The Kier molecular flexibility index (Phi) is 2.41. The van der Waals surface area contributed by atoms with Gasteiger partial charge in [0.15, 0.2) is 0 Å². The third-order valence-electron chi connectivity index (χ3n) is 3.68. The Hall–Kier alpha value is -1.49. The molecule has 1 aromatic rings. The van der Waals surface area contributed by atoms with Crippen molar-refractivity contribution in [1.82, 2.24) is 4.90 Å². The molecule has 1 saturated carbocycles. The van der Waals surface area contributed by atoms with Crippen LogP contribution >= 0.6 is 11.8 Å². The molecule has 94 valence electrons. The topological polar surface area (TPSA) is 63.4 Å². The van der Waals surface area contributed by atoms with E-state index >= 15 is 0 Å². The van der Waals surface area contributed by atoms with E-state index in [9.17, 15) is 9.59 Å². The minimum atomic E-state index is -0.206. The van der Waals surface area contributed by atoms with Crippen LogP contribution in [-0.4, -0.2) is 34.3 Å². The summed E-state index contributed by atoms with van der Waals surface area (Å²) in [6.45, 7) is 0.514. The number of hydrogen-bond donors (Lipinski definition) is 1. The zero-order valence-corrected chi connectivity index (χ0v) is 10.9. The average molecular weight is 262 g/mol. The number of amides is 2. The van der Waals surface area contributed by atoms with Gasteiger partial charge < -0.3 is 5.73 Å². The number of imide groups is 1. The van der Waals surface area contributed by atoms with E-state index in [0.29, 0.717) is 23.4 Å². The first-order valence-electron chi connectivity index (χ1n) is 5.87. The molecule has 0 saturated heterocycles. The fourth-order valence-electron chi connectivity index (χ4n) is 2.31. The van der Waals surface area contributed by atoms with Crippen molar-refractivity contribution in [2.45, 2.75) is 17.6 Å². The number of nitrogen functional groups attached to an aromatic ring is 1. The fraction of sp³-hybridized carbons (Fsp3) is 0.385. The van der Waals surface area contributed by atoms with E-state index in [4.69, 9.17) is 5.73 Å². The van der Waals surface area contributed by atoms with E-state index in [-0.39, 0.29) is 16.6 Å². The lowest BCUT2D eigenvalue weighted by molar-refractivity contribution is 0.0652. The van der Waals surface area contributed by atoms with Crippen molar-refractivity contribution < 1.29 is 9.59 Å². The van der Waals surface area contributed by atoms with E-state index in [0.717, 1.165) is 12.8 Å². The molecule has 2 aliphatic rings. The Morgan fingerprint density at radius 1 is 1.28 bits per heavy atom. The van der Waals surface area contributed by atoms with Crippen molar-refractivity contribution >= 4 is 29.3 Å². The molecule has 1 aliphatic heterocycles. The second-order valence-corrected chi connectivity index (χ2v) is 6.16. The maximum Gasteiger partial charge on any atom is 0.261 e. The third kappa shape index (κ3) is 1.61. The van der Waals surface area contributed by atoms with Crippen LogP contribution in [0.4, 0.5) is 5.69 Å². The zero-order valence-electron chi connectivity index (χ0n) is 10.1. The fourth-order valence-corrected chi connectivity index (χ4v) is 3.07. The number of nitrogens with two attached hydrogens (primary N) is 1. The van der Waals surface area contributed by atoms with Gasteiger partial charge in [-0.2, -0.15) is 11.8 Å². The molecule has 18 heavy (non-hydrogen) atoms. The summed E-state index contributed by atoms with van der Waals surface area (Å²) < 4.78 is 0.0961. The normalized spacial score (nSPS) is 20.2. The Morgan fingerprint density at radius 2 is 1.94 bits per heavy atom. The summed E-state index contributed by atoms with van der Waals surface area (Å²) in [5.74, 6) is -0.391. The molecule has 3 rings (SSSR count). The van der Waals surface area contributed by atoms with Crippen molar-refractivity contribution in [1.29, 1.82) is 0 Å². The summed E-state index contributed by atoms with van der Waals surface area (Å²) in [5, 5.41) is 0. The van der Waals surface area contributed by atoms with Crippen molar-refractivity contribution in [3.8, 4) is 0 Å². The number of carbonyl (C=O) groups excluding carboxylic acids is 2. The summed E-state index contributed by atoms with van der Waals surface area (Å²) in [7, 11) is 0. The number of nitrogens with zero attached hydrogens (tertiary/aromatic N) is 1. The molecule has 2 N–H and O–H groups in total. The van der Waals surface area contributed by atoms with Crippen molar-refractivity contribution in [3.63, 3.8) is 0 Å². The minimum Gasteiger partial charge on any atom is -0.399 e. The van der Waals surface area contributed by atoms with Crippen LogP contribution in [0.25, 0.3) is 0 Å². The highest BCUT2D eigenvalue weighted by Gasteiger charge is 2.48. The summed E-state index contributed by atoms with van der Waals surface area (Å²) in [6, 6.07) is 4.90. The maximum absolute atomic E-state index is 12.2. The van der Waals surface area contributed by atoms with Gasteiger partial charge in [0.2, 0.25) is 0 Å². The standard InChI is InChI=1S/C13H14N2O2S/c1-18-13(4-5-13)7-15-11(16)9-3-2-8(14)6-10(9)12(15)17/h2-3,6H,4-5,7,14H2,1H3. The van der Waals surface area contributed by atoms with Gasteiger partial charge in [-0.3, -0.25) is 14.5 Å². The van der Waals surface area contributed by atoms with Gasteiger partial charge >= 0.3 is 0 Å². The monoisotopic (exact) mass is 262 g/mol. The summed E-state index contributed by atoms with van der Waals surface area (Å²) in [6.07, 6.45) is 4.18. The highest BCUT2D eigenvalue weighted by Crippen LogP contribution is 2.48. The first-order chi connectivity index (χ1) is 8.56. The maximum atomic E-state index is 12.2. The van der Waals surface area contributed by atoms with Crippen LogP contribution in [0.1, 0.15) is 33.6 Å². The Balaban J connectivity index is 1.92. The molecule has 1 heterocycles. The smallest absolute Gasteiger partial charge is 0.261 e. The molecule has 2 amide bonds. The first-order valence-corrected chi connectivity index (χ1v) is 7.10. The van der Waals surface area contributed by atoms with Gasteiger partial charge in [-0.1, -0.05) is 0 Å². The molecule has 1 fully saturated rings. The van der Waals surface area contributed by atoms with Crippen LogP contribution in [0.15, 0.2) is 18.2 Å². The van der Waals surface area contributed by atoms with Crippen LogP contribution in [0.3, 0.4) is 0 Å². The average Bonchev–Trinajstić information content (AvgIpc) is 3.10. The number of carbonyl (C=O) groups is 2. The van der Waals surface area contributed by atoms with Crippen molar-refractivity contribution in [2.24, 2.45) is 0 Å². The molecule has 0 spiro atoms. The van der Waals surface area contributed by atoms with E-state index < -0.39 is 0 Å². The molecular formula is C13H14N2O2S. The first kappa shape index (κ1) is 11.6. The lowest BCUT2D eigenvalue weighted by Crippen LogP contribution is -2.36. The number of rotatable bonds is 3. The van der Waals surface area contributed by atoms with Crippen LogP contribution in [0.5, 0.6) is 0 Å². The largest absolute Gasteiger partial charge is 0.399 e. The number of fused-ring (bicyclic) bond motifs is 1. The highest BCUT2D eigenvalue weighted by molar-refractivity contribution is 8.00. The van der Waals surface area contributed by atoms with Gasteiger partial charge in [0.25, 0.3) is 11.8 Å². The van der Waals surface area contributed by atoms with Crippen molar-refractivity contribution in [2.75, 3.05) is 18.5 Å². The lowest BCUT2D eigenvalue weighted by Gasteiger charge is -2.20. The SMILES string of the molecule is CSC1(CN2C(=O)c3ccc(N)cc3C2=O)CC1. The lowest BCUT2D eigenvalue weighted by atomic mass is 10.1. The zero-order chi connectivity index (χ0) is 12.9. The van der Waals surface area contributed by atoms with E-state index in [1.165, 1.54) is 4.90 Å². The van der Waals surface area contributed by atoms with Crippen LogP contribution in [0.2, 0.25) is 0 Å². The van der Waals surface area contributed by atoms with Gasteiger partial charge in [-0.05, 0) is 37.3 Å². The highest BCUT2D eigenvalue weighted by atomic mass is 32.2. The second kappa shape index (κ2) is 3.75. The minimum absolute atomic E-state index is 0.0961. The van der Waals surface area contributed by atoms with Gasteiger partial charge in [0.1, 0.15) is 0 Å². The molecule has 4 nitrogen and oxygen atoms in total. The predicted octanol–water partition coefficient (Wildman–Crippen LogP) is 1.76. The van der Waals surface area contributed by atoms with E-state index in [2.05, 4.69) is 0 Å². The van der Waals surface area contributed by atoms with Crippen molar-refractivity contribution in [3.05, 3.63) is 29.3 Å². The van der Waals surface area contributed by atoms with Gasteiger partial charge in [-0.15, -0.1) is 0 Å². The molecule has 0 bridgehead atoms. The molecule has 0 unspecified atom stereocenters. The van der Waals surface area contributed by atoms with Gasteiger partial charge in [0.05, 0.1) is 11.1 Å². The quantitative estimate of drug-likeness (QED) is 0.666. The molecule has 0 aromatic heterocycles. The molecule has 0 radical (unpaired) electrons. The molecule has 5 heteroatoms. The summed E-state index contributed by atoms with van der Waals surface area (Å²) in [4.78, 5) is 25.8. The molecular weight excluding hydrogens is 248 g/mol.